The van der Waals surface area contributed by atoms with Crippen LogP contribution in [-0.4, -0.2) is 11.1 Å². The van der Waals surface area contributed by atoms with Crippen molar-refractivity contribution in [3.63, 3.8) is 0 Å². The number of benzene rings is 2. The lowest BCUT2D eigenvalue weighted by atomic mass is 10.1. The van der Waals surface area contributed by atoms with E-state index in [1.165, 1.54) is 6.07 Å². The summed E-state index contributed by atoms with van der Waals surface area (Å²) in [4.78, 5) is 10.9. The normalized spacial score (nSPS) is 9.80. The molecule has 0 fully saturated rings. The number of rotatable bonds is 4. The summed E-state index contributed by atoms with van der Waals surface area (Å²) in [5.41, 5.74) is 2.49. The minimum absolute atomic E-state index is 0.238. The molecule has 0 heterocycles. The van der Waals surface area contributed by atoms with Gasteiger partial charge < -0.3 is 9.84 Å². The van der Waals surface area contributed by atoms with Gasteiger partial charge >= 0.3 is 5.97 Å². The van der Waals surface area contributed by atoms with Gasteiger partial charge in [-0.05, 0) is 48.4 Å². The van der Waals surface area contributed by atoms with Gasteiger partial charge in [0.1, 0.15) is 12.4 Å². The number of carboxylic acids is 1. The van der Waals surface area contributed by atoms with E-state index >= 15 is 0 Å². The van der Waals surface area contributed by atoms with Crippen LogP contribution in [0.5, 0.6) is 5.75 Å². The highest BCUT2D eigenvalue weighted by Gasteiger charge is 2.04. The van der Waals surface area contributed by atoms with Gasteiger partial charge in [-0.1, -0.05) is 12.1 Å². The van der Waals surface area contributed by atoms with Crippen LogP contribution in [0, 0.1) is 18.3 Å². The van der Waals surface area contributed by atoms with Crippen molar-refractivity contribution >= 4 is 5.97 Å². The second-order valence-corrected chi connectivity index (χ2v) is 4.38. The molecule has 0 radical (unpaired) electrons. The van der Waals surface area contributed by atoms with Crippen molar-refractivity contribution in [2.75, 3.05) is 0 Å². The number of nitrogens with zero attached hydrogens (tertiary/aromatic N) is 1. The first kappa shape index (κ1) is 13.6. The molecule has 4 nitrogen and oxygen atoms in total. The van der Waals surface area contributed by atoms with Crippen LogP contribution in [-0.2, 0) is 6.61 Å². The van der Waals surface area contributed by atoms with Crippen molar-refractivity contribution in [1.29, 1.82) is 5.26 Å². The molecule has 0 aliphatic rings. The molecule has 20 heavy (non-hydrogen) atoms. The van der Waals surface area contributed by atoms with E-state index in [0.717, 1.165) is 11.1 Å². The minimum Gasteiger partial charge on any atom is -0.489 e. The van der Waals surface area contributed by atoms with Crippen LogP contribution in [0.2, 0.25) is 0 Å². The molecule has 0 atom stereocenters. The Bertz CT molecular complexity index is 686. The third-order valence-corrected chi connectivity index (χ3v) is 2.90. The van der Waals surface area contributed by atoms with E-state index in [-0.39, 0.29) is 12.2 Å². The monoisotopic (exact) mass is 267 g/mol. The van der Waals surface area contributed by atoms with Gasteiger partial charge in [-0.2, -0.15) is 5.26 Å². The molecule has 0 bridgehead atoms. The molecule has 2 aromatic carbocycles. The molecule has 0 aliphatic heterocycles. The van der Waals surface area contributed by atoms with Crippen molar-refractivity contribution in [2.45, 2.75) is 13.5 Å². The molecule has 1 N–H and O–H groups in total. The summed E-state index contributed by atoms with van der Waals surface area (Å²) in [6, 6.07) is 13.9. The van der Waals surface area contributed by atoms with Gasteiger partial charge in [0, 0.05) is 0 Å². The number of carbonyl (C=O) groups is 1. The number of aryl methyl sites for hydroxylation is 1. The Balaban J connectivity index is 2.09. The maximum Gasteiger partial charge on any atom is 0.335 e. The quantitative estimate of drug-likeness (QED) is 0.923. The molecule has 0 spiro atoms. The zero-order valence-corrected chi connectivity index (χ0v) is 11.0. The van der Waals surface area contributed by atoms with Crippen LogP contribution in [0.3, 0.4) is 0 Å². The molecule has 4 heteroatoms. The summed E-state index contributed by atoms with van der Waals surface area (Å²) < 4.78 is 5.60. The zero-order chi connectivity index (χ0) is 14.5. The van der Waals surface area contributed by atoms with Gasteiger partial charge in [-0.25, -0.2) is 4.79 Å². The van der Waals surface area contributed by atoms with Crippen LogP contribution in [0.4, 0.5) is 0 Å². The summed E-state index contributed by atoms with van der Waals surface area (Å²) in [5, 5.41) is 17.8. The van der Waals surface area contributed by atoms with Gasteiger partial charge in [0.15, 0.2) is 0 Å². The third-order valence-electron chi connectivity index (χ3n) is 2.90. The van der Waals surface area contributed by atoms with Crippen molar-refractivity contribution < 1.29 is 14.6 Å². The van der Waals surface area contributed by atoms with E-state index in [0.29, 0.717) is 11.3 Å². The number of ether oxygens (including phenoxy) is 1. The van der Waals surface area contributed by atoms with Crippen molar-refractivity contribution in [3.05, 3.63) is 64.7 Å². The Morgan fingerprint density at radius 1 is 1.30 bits per heavy atom. The number of carboxylic acid groups (broad SMARTS) is 1. The average molecular weight is 267 g/mol. The Morgan fingerprint density at radius 3 is 2.75 bits per heavy atom. The molecule has 0 aromatic heterocycles. The van der Waals surface area contributed by atoms with Crippen molar-refractivity contribution in [1.82, 2.24) is 0 Å². The first-order valence-corrected chi connectivity index (χ1v) is 6.06. The summed E-state index contributed by atoms with van der Waals surface area (Å²) in [6.45, 7) is 2.13. The second kappa shape index (κ2) is 5.89. The van der Waals surface area contributed by atoms with Gasteiger partial charge in [-0.15, -0.1) is 0 Å². The molecule has 2 rings (SSSR count). The summed E-state index contributed by atoms with van der Waals surface area (Å²) in [7, 11) is 0. The van der Waals surface area contributed by atoms with Crippen LogP contribution in [0.15, 0.2) is 42.5 Å². The average Bonchev–Trinajstić information content (AvgIpc) is 2.45. The predicted octanol–water partition coefficient (Wildman–Crippen LogP) is 3.14. The van der Waals surface area contributed by atoms with Crippen LogP contribution in [0.25, 0.3) is 0 Å². The third kappa shape index (κ3) is 3.15. The largest absolute Gasteiger partial charge is 0.489 e. The van der Waals surface area contributed by atoms with Gasteiger partial charge in [0.25, 0.3) is 0 Å². The van der Waals surface area contributed by atoms with Crippen molar-refractivity contribution in [2.24, 2.45) is 0 Å². The lowest BCUT2D eigenvalue weighted by Crippen LogP contribution is -2.00. The summed E-state index contributed by atoms with van der Waals surface area (Å²) >= 11 is 0. The van der Waals surface area contributed by atoms with Crippen LogP contribution < -0.4 is 4.74 Å². The lowest BCUT2D eigenvalue weighted by molar-refractivity contribution is 0.0696. The summed E-state index contributed by atoms with van der Waals surface area (Å²) in [6.07, 6.45) is 0. The number of aromatic carboxylic acids is 1. The highest BCUT2D eigenvalue weighted by Crippen LogP contribution is 2.18. The predicted molar refractivity (Wildman–Crippen MR) is 73.6 cm³/mol. The Hall–Kier alpha value is -2.80. The highest BCUT2D eigenvalue weighted by atomic mass is 16.5. The Kier molecular flexibility index (Phi) is 4.02. The minimum atomic E-state index is -0.957. The van der Waals surface area contributed by atoms with E-state index < -0.39 is 5.97 Å². The van der Waals surface area contributed by atoms with E-state index in [1.807, 2.05) is 13.0 Å². The molecule has 0 saturated heterocycles. The number of nitriles is 1. The smallest absolute Gasteiger partial charge is 0.335 e. The van der Waals surface area contributed by atoms with E-state index in [9.17, 15) is 4.79 Å². The van der Waals surface area contributed by atoms with Gasteiger partial charge in [-0.3, -0.25) is 0 Å². The highest BCUT2D eigenvalue weighted by molar-refractivity contribution is 5.87. The Morgan fingerprint density at radius 2 is 2.10 bits per heavy atom. The van der Waals surface area contributed by atoms with Crippen LogP contribution in [0.1, 0.15) is 27.0 Å². The second-order valence-electron chi connectivity index (χ2n) is 4.38. The fourth-order valence-electron chi connectivity index (χ4n) is 1.81. The standard InChI is InChI=1S/C16H13NO3/c1-11-7-15(6-5-14(11)9-17)20-10-12-3-2-4-13(8-12)16(18)19/h2-8H,10H2,1H3,(H,18,19). The lowest BCUT2D eigenvalue weighted by Gasteiger charge is -2.08. The number of hydrogen-bond acceptors (Lipinski definition) is 3. The summed E-state index contributed by atoms with van der Waals surface area (Å²) in [5.74, 6) is -0.303. The van der Waals surface area contributed by atoms with Crippen LogP contribution >= 0.6 is 0 Å². The molecule has 0 unspecified atom stereocenters. The fourth-order valence-corrected chi connectivity index (χ4v) is 1.81. The first-order valence-electron chi connectivity index (χ1n) is 6.06. The molecular weight excluding hydrogens is 254 g/mol. The maximum absolute atomic E-state index is 10.9. The zero-order valence-electron chi connectivity index (χ0n) is 11.0. The van der Waals surface area contributed by atoms with E-state index in [1.54, 1.807) is 30.3 Å². The van der Waals surface area contributed by atoms with Gasteiger partial charge in [0.05, 0.1) is 17.2 Å². The molecule has 100 valence electrons. The molecule has 2 aromatic rings. The first-order chi connectivity index (χ1) is 9.60. The van der Waals surface area contributed by atoms with E-state index in [2.05, 4.69) is 6.07 Å². The number of hydrogen-bond donors (Lipinski definition) is 1. The molecule has 0 amide bonds. The molecular formula is C16H13NO3. The fraction of sp³-hybridized carbons (Fsp3) is 0.125. The van der Waals surface area contributed by atoms with Gasteiger partial charge in [0.2, 0.25) is 0 Å². The molecule has 0 aliphatic carbocycles. The maximum atomic E-state index is 10.9. The topological polar surface area (TPSA) is 70.3 Å². The van der Waals surface area contributed by atoms with E-state index in [4.69, 9.17) is 15.1 Å². The van der Waals surface area contributed by atoms with Crippen molar-refractivity contribution in [3.8, 4) is 11.8 Å². The molecule has 0 saturated carbocycles. The SMILES string of the molecule is Cc1cc(OCc2cccc(C(=O)O)c2)ccc1C#N. The Labute approximate surface area is 116 Å².